The van der Waals surface area contributed by atoms with Crippen molar-refractivity contribution >= 4 is 34.5 Å². The van der Waals surface area contributed by atoms with E-state index >= 15 is 0 Å². The molecule has 4 heteroatoms. The van der Waals surface area contributed by atoms with Crippen LogP contribution < -0.4 is 5.43 Å². The number of nitrogens with zero attached hydrogens (tertiary/aromatic N) is 1. The second kappa shape index (κ2) is 6.10. The molecular weight excluding hydrogens is 320 g/mol. The zero-order chi connectivity index (χ0) is 16.5. The molecule has 0 radical (unpaired) electrons. The van der Waals surface area contributed by atoms with Gasteiger partial charge in [0.25, 0.3) is 5.91 Å². The molecule has 0 unspecified atom stereocenters. The Morgan fingerprint density at radius 2 is 1.83 bits per heavy atom. The number of nitrogens with one attached hydrogen (secondary N) is 1. The third-order valence-electron chi connectivity index (χ3n) is 4.37. The first kappa shape index (κ1) is 14.9. The fourth-order valence-corrected chi connectivity index (χ4v) is 3.43. The van der Waals surface area contributed by atoms with E-state index < -0.39 is 0 Å². The Morgan fingerprint density at radius 3 is 2.67 bits per heavy atom. The van der Waals surface area contributed by atoms with Crippen LogP contribution in [-0.4, -0.2) is 12.1 Å². The lowest BCUT2D eigenvalue weighted by Gasteiger charge is -2.05. The summed E-state index contributed by atoms with van der Waals surface area (Å²) in [6, 6.07) is 17.4. The minimum Gasteiger partial charge on any atom is -0.267 e. The first-order valence-corrected chi connectivity index (χ1v) is 8.22. The molecule has 4 rings (SSSR count). The second-order valence-corrected chi connectivity index (χ2v) is 6.30. The van der Waals surface area contributed by atoms with Gasteiger partial charge in [-0.3, -0.25) is 4.79 Å². The van der Waals surface area contributed by atoms with Crippen molar-refractivity contribution in [3.63, 3.8) is 0 Å². The van der Waals surface area contributed by atoms with Crippen molar-refractivity contribution in [1.82, 2.24) is 5.43 Å². The second-order valence-electron chi connectivity index (χ2n) is 5.86. The minimum atomic E-state index is -0.278. The Balaban J connectivity index is 1.59. The van der Waals surface area contributed by atoms with Gasteiger partial charge in [-0.1, -0.05) is 48.0 Å². The van der Waals surface area contributed by atoms with Crippen LogP contribution in [0.1, 0.15) is 27.0 Å². The molecular formula is C20H15ClN2O. The summed E-state index contributed by atoms with van der Waals surface area (Å²) in [4.78, 5) is 12.1. The summed E-state index contributed by atoms with van der Waals surface area (Å²) in [6.07, 6.45) is 3.89. The Bertz CT molecular complexity index is 968. The van der Waals surface area contributed by atoms with Crippen molar-refractivity contribution < 1.29 is 4.79 Å². The topological polar surface area (TPSA) is 41.5 Å². The number of amides is 1. The Kier molecular flexibility index (Phi) is 3.79. The molecule has 0 saturated carbocycles. The number of hydrazone groups is 1. The quantitative estimate of drug-likeness (QED) is 0.561. The normalized spacial score (nSPS) is 12.9. The molecule has 0 fully saturated rings. The van der Waals surface area contributed by atoms with E-state index in [4.69, 9.17) is 11.6 Å². The molecule has 24 heavy (non-hydrogen) atoms. The predicted molar refractivity (Wildman–Crippen MR) is 97.9 cm³/mol. The number of benzene rings is 3. The molecule has 0 spiro atoms. The van der Waals surface area contributed by atoms with Gasteiger partial charge >= 0.3 is 0 Å². The first-order valence-electron chi connectivity index (χ1n) is 7.85. The molecule has 1 N–H and O–H groups in total. The summed E-state index contributed by atoms with van der Waals surface area (Å²) in [5.41, 5.74) is 6.82. The van der Waals surface area contributed by atoms with Gasteiger partial charge < -0.3 is 0 Å². The van der Waals surface area contributed by atoms with E-state index in [9.17, 15) is 4.79 Å². The molecule has 0 atom stereocenters. The van der Waals surface area contributed by atoms with E-state index in [0.29, 0.717) is 10.6 Å². The van der Waals surface area contributed by atoms with Crippen LogP contribution in [0.4, 0.5) is 0 Å². The van der Waals surface area contributed by atoms with Crippen LogP contribution in [-0.2, 0) is 12.8 Å². The van der Waals surface area contributed by atoms with E-state index in [1.54, 1.807) is 30.5 Å². The summed E-state index contributed by atoms with van der Waals surface area (Å²) in [5.74, 6) is -0.278. The average molecular weight is 335 g/mol. The van der Waals surface area contributed by atoms with Crippen molar-refractivity contribution in [3.05, 3.63) is 81.9 Å². The standard InChI is InChI=1S/C20H15ClN2O/c21-17-5-1-4-15(11-17)20(24)23-22-12-16-10-9-14-8-7-13-3-2-6-18(16)19(13)14/h1-6,9-12H,7-8H2,(H,23,24)/b22-12+. The van der Waals surface area contributed by atoms with Gasteiger partial charge in [-0.2, -0.15) is 5.10 Å². The van der Waals surface area contributed by atoms with Crippen molar-refractivity contribution in [1.29, 1.82) is 0 Å². The third kappa shape index (κ3) is 2.68. The molecule has 0 aliphatic heterocycles. The lowest BCUT2D eigenvalue weighted by Crippen LogP contribution is -2.17. The molecule has 0 saturated heterocycles. The van der Waals surface area contributed by atoms with Crippen molar-refractivity contribution in [3.8, 4) is 0 Å². The smallest absolute Gasteiger partial charge is 0.267 e. The molecule has 1 aliphatic rings. The average Bonchev–Trinajstić information content (AvgIpc) is 3.02. The van der Waals surface area contributed by atoms with Crippen LogP contribution in [0.2, 0.25) is 5.02 Å². The third-order valence-corrected chi connectivity index (χ3v) is 4.60. The molecule has 0 bridgehead atoms. The van der Waals surface area contributed by atoms with E-state index in [-0.39, 0.29) is 5.91 Å². The number of carbonyl (C=O) groups excluding carboxylic acids is 1. The number of hydrogen-bond acceptors (Lipinski definition) is 2. The van der Waals surface area contributed by atoms with Gasteiger partial charge in [-0.05, 0) is 52.9 Å². The lowest BCUT2D eigenvalue weighted by atomic mass is 10.0. The fraction of sp³-hybridized carbons (Fsp3) is 0.100. The Labute approximate surface area is 145 Å². The van der Waals surface area contributed by atoms with Crippen molar-refractivity contribution in [2.75, 3.05) is 0 Å². The maximum atomic E-state index is 12.1. The van der Waals surface area contributed by atoms with Gasteiger partial charge in [0.1, 0.15) is 0 Å². The van der Waals surface area contributed by atoms with E-state index in [1.807, 2.05) is 0 Å². The SMILES string of the molecule is O=C(N/N=C/c1ccc2c3c(cccc13)CC2)c1cccc(Cl)c1. The molecule has 3 aromatic carbocycles. The maximum Gasteiger partial charge on any atom is 0.271 e. The zero-order valence-electron chi connectivity index (χ0n) is 12.9. The Hall–Kier alpha value is -2.65. The number of carbonyl (C=O) groups is 1. The van der Waals surface area contributed by atoms with Crippen molar-refractivity contribution in [2.45, 2.75) is 12.8 Å². The highest BCUT2D eigenvalue weighted by Crippen LogP contribution is 2.32. The van der Waals surface area contributed by atoms with Crippen molar-refractivity contribution in [2.24, 2.45) is 5.10 Å². The predicted octanol–water partition coefficient (Wildman–Crippen LogP) is 4.36. The van der Waals surface area contributed by atoms with Gasteiger partial charge in [0.15, 0.2) is 0 Å². The molecule has 0 heterocycles. The minimum absolute atomic E-state index is 0.278. The van der Waals surface area contributed by atoms with Crippen LogP contribution in [0.15, 0.2) is 59.7 Å². The summed E-state index contributed by atoms with van der Waals surface area (Å²) in [5, 5.41) is 7.16. The maximum absolute atomic E-state index is 12.1. The molecule has 1 amide bonds. The number of halogens is 1. The van der Waals surface area contributed by atoms with Crippen LogP contribution in [0.3, 0.4) is 0 Å². The van der Waals surface area contributed by atoms with Crippen LogP contribution in [0, 0.1) is 0 Å². The molecule has 1 aliphatic carbocycles. The highest BCUT2D eigenvalue weighted by Gasteiger charge is 2.15. The Morgan fingerprint density at radius 1 is 1.04 bits per heavy atom. The zero-order valence-corrected chi connectivity index (χ0v) is 13.7. The molecule has 0 aromatic heterocycles. The molecule has 3 nitrogen and oxygen atoms in total. The molecule has 118 valence electrons. The van der Waals surface area contributed by atoms with Gasteiger partial charge in [0.05, 0.1) is 6.21 Å². The number of aryl methyl sites for hydroxylation is 2. The van der Waals surface area contributed by atoms with Gasteiger partial charge in [-0.15, -0.1) is 0 Å². The summed E-state index contributed by atoms with van der Waals surface area (Å²) >= 11 is 5.90. The highest BCUT2D eigenvalue weighted by atomic mass is 35.5. The van der Waals surface area contributed by atoms with E-state index in [1.165, 1.54) is 21.9 Å². The van der Waals surface area contributed by atoms with Gasteiger partial charge in [0, 0.05) is 16.1 Å². The van der Waals surface area contributed by atoms with Crippen LogP contribution >= 0.6 is 11.6 Å². The summed E-state index contributed by atoms with van der Waals surface area (Å²) in [6.45, 7) is 0. The highest BCUT2D eigenvalue weighted by molar-refractivity contribution is 6.30. The first-order chi connectivity index (χ1) is 11.7. The van der Waals surface area contributed by atoms with Gasteiger partial charge in [-0.25, -0.2) is 5.43 Å². The van der Waals surface area contributed by atoms with Crippen LogP contribution in [0.25, 0.3) is 10.8 Å². The monoisotopic (exact) mass is 334 g/mol. The summed E-state index contributed by atoms with van der Waals surface area (Å²) in [7, 11) is 0. The van der Waals surface area contributed by atoms with E-state index in [0.717, 1.165) is 18.4 Å². The van der Waals surface area contributed by atoms with Gasteiger partial charge in [0.2, 0.25) is 0 Å². The largest absolute Gasteiger partial charge is 0.271 e. The molecule has 3 aromatic rings. The summed E-state index contributed by atoms with van der Waals surface area (Å²) < 4.78 is 0. The van der Waals surface area contributed by atoms with Crippen LogP contribution in [0.5, 0.6) is 0 Å². The van der Waals surface area contributed by atoms with E-state index in [2.05, 4.69) is 40.9 Å². The number of rotatable bonds is 3. The lowest BCUT2D eigenvalue weighted by molar-refractivity contribution is 0.0955. The number of hydrogen-bond donors (Lipinski definition) is 1. The fourth-order valence-electron chi connectivity index (χ4n) is 3.24.